The molecule has 5 nitrogen and oxygen atoms in total. The van der Waals surface area contributed by atoms with Crippen LogP contribution in [0.25, 0.3) is 0 Å². The maximum absolute atomic E-state index is 12.5. The van der Waals surface area contributed by atoms with Gasteiger partial charge in [-0.2, -0.15) is 5.26 Å². The van der Waals surface area contributed by atoms with Crippen LogP contribution < -0.4 is 0 Å². The third-order valence-electron chi connectivity index (χ3n) is 3.73. The Kier molecular flexibility index (Phi) is 7.01. The topological polar surface area (TPSA) is 76.4 Å². The van der Waals surface area contributed by atoms with Crippen LogP contribution in [0.2, 0.25) is 0 Å². The summed E-state index contributed by atoms with van der Waals surface area (Å²) >= 11 is 0. The zero-order valence-electron chi connectivity index (χ0n) is 13.4. The van der Waals surface area contributed by atoms with Crippen LogP contribution in [0.1, 0.15) is 18.9 Å². The Labute approximate surface area is 132 Å². The van der Waals surface area contributed by atoms with Crippen molar-refractivity contribution in [2.75, 3.05) is 20.0 Å². The maximum Gasteiger partial charge on any atom is 0.178 e. The highest BCUT2D eigenvalue weighted by atomic mass is 32.2. The summed E-state index contributed by atoms with van der Waals surface area (Å²) < 4.78 is 35.4. The Bertz CT molecular complexity index is 600. The van der Waals surface area contributed by atoms with Gasteiger partial charge < -0.3 is 9.47 Å². The number of rotatable bonds is 8. The Balaban J connectivity index is 2.94. The van der Waals surface area contributed by atoms with Crippen molar-refractivity contribution in [3.63, 3.8) is 0 Å². The van der Waals surface area contributed by atoms with Gasteiger partial charge in [-0.25, -0.2) is 8.42 Å². The number of aryl methyl sites for hydroxylation is 1. The molecule has 0 saturated carbocycles. The van der Waals surface area contributed by atoms with Gasteiger partial charge in [0.05, 0.1) is 16.7 Å². The quantitative estimate of drug-likeness (QED) is 0.687. The zero-order chi connectivity index (χ0) is 16.8. The summed E-state index contributed by atoms with van der Waals surface area (Å²) in [4.78, 5) is 0.298. The summed E-state index contributed by atoms with van der Waals surface area (Å²) in [6.45, 7) is 3.71. The molecule has 0 aliphatic rings. The Morgan fingerprint density at radius 1 is 1.18 bits per heavy atom. The maximum atomic E-state index is 12.5. The van der Waals surface area contributed by atoms with Crippen LogP contribution in [0, 0.1) is 30.1 Å². The number of hydrogen-bond acceptors (Lipinski definition) is 5. The fourth-order valence-electron chi connectivity index (χ4n) is 2.43. The lowest BCUT2D eigenvalue weighted by atomic mass is 9.92. The fourth-order valence-corrected chi connectivity index (χ4v) is 4.11. The SMILES string of the molecule is COC(OC)C(CC#N)C(C)CS(=O)(=O)c1ccc(C)cc1. The molecule has 0 heterocycles. The molecule has 1 rings (SSSR count). The van der Waals surface area contributed by atoms with Gasteiger partial charge >= 0.3 is 0 Å². The summed E-state index contributed by atoms with van der Waals surface area (Å²) in [5, 5.41) is 8.96. The largest absolute Gasteiger partial charge is 0.356 e. The van der Waals surface area contributed by atoms with Crippen LogP contribution in [0.15, 0.2) is 29.2 Å². The van der Waals surface area contributed by atoms with E-state index in [2.05, 4.69) is 6.07 Å². The van der Waals surface area contributed by atoms with Gasteiger partial charge in [-0.05, 0) is 25.0 Å². The van der Waals surface area contributed by atoms with Crippen LogP contribution >= 0.6 is 0 Å². The molecule has 1 aromatic carbocycles. The van der Waals surface area contributed by atoms with E-state index < -0.39 is 16.1 Å². The number of sulfone groups is 1. The fraction of sp³-hybridized carbons (Fsp3) is 0.562. The van der Waals surface area contributed by atoms with Crippen molar-refractivity contribution >= 4 is 9.84 Å². The van der Waals surface area contributed by atoms with Crippen molar-refractivity contribution < 1.29 is 17.9 Å². The summed E-state index contributed by atoms with van der Waals surface area (Å²) in [6, 6.07) is 8.85. The predicted molar refractivity (Wildman–Crippen MR) is 83.9 cm³/mol. The van der Waals surface area contributed by atoms with Crippen molar-refractivity contribution in [1.82, 2.24) is 0 Å². The van der Waals surface area contributed by atoms with Gasteiger partial charge in [0.25, 0.3) is 0 Å². The van der Waals surface area contributed by atoms with E-state index in [1.54, 1.807) is 31.2 Å². The molecule has 22 heavy (non-hydrogen) atoms. The van der Waals surface area contributed by atoms with E-state index in [1.165, 1.54) is 14.2 Å². The minimum absolute atomic E-state index is 0.0500. The smallest absolute Gasteiger partial charge is 0.178 e. The summed E-state index contributed by atoms with van der Waals surface area (Å²) in [7, 11) is -0.438. The summed E-state index contributed by atoms with van der Waals surface area (Å²) in [5.74, 6) is -0.623. The van der Waals surface area contributed by atoms with E-state index in [-0.39, 0.29) is 24.0 Å². The van der Waals surface area contributed by atoms with E-state index >= 15 is 0 Å². The number of methoxy groups -OCH3 is 2. The number of hydrogen-bond donors (Lipinski definition) is 0. The van der Waals surface area contributed by atoms with E-state index in [9.17, 15) is 8.42 Å². The van der Waals surface area contributed by atoms with E-state index in [0.717, 1.165) is 5.56 Å². The van der Waals surface area contributed by atoms with Crippen LogP contribution in [-0.2, 0) is 19.3 Å². The van der Waals surface area contributed by atoms with Gasteiger partial charge in [0.15, 0.2) is 16.1 Å². The second kappa shape index (κ2) is 8.28. The average molecular weight is 325 g/mol. The van der Waals surface area contributed by atoms with E-state index in [4.69, 9.17) is 14.7 Å². The zero-order valence-corrected chi connectivity index (χ0v) is 14.3. The van der Waals surface area contributed by atoms with Crippen molar-refractivity contribution in [3.8, 4) is 6.07 Å². The summed E-state index contributed by atoms with van der Waals surface area (Å²) in [6.07, 6.45) is -0.417. The molecular formula is C16H23NO4S. The molecule has 2 unspecified atom stereocenters. The molecule has 122 valence electrons. The van der Waals surface area contributed by atoms with Crippen molar-refractivity contribution in [1.29, 1.82) is 5.26 Å². The summed E-state index contributed by atoms with van der Waals surface area (Å²) in [5.41, 5.74) is 1.01. The van der Waals surface area contributed by atoms with Gasteiger partial charge in [-0.3, -0.25) is 0 Å². The third kappa shape index (κ3) is 4.80. The van der Waals surface area contributed by atoms with Gasteiger partial charge in [0.1, 0.15) is 0 Å². The number of benzene rings is 1. The first-order valence-corrected chi connectivity index (χ1v) is 8.73. The molecule has 1 aromatic rings. The van der Waals surface area contributed by atoms with Gasteiger partial charge in [0, 0.05) is 26.6 Å². The van der Waals surface area contributed by atoms with E-state index in [1.807, 2.05) is 6.92 Å². The Morgan fingerprint density at radius 3 is 2.18 bits per heavy atom. The Morgan fingerprint density at radius 2 is 1.73 bits per heavy atom. The lowest BCUT2D eigenvalue weighted by Crippen LogP contribution is -2.33. The molecule has 6 heteroatoms. The molecule has 0 saturated heterocycles. The first-order valence-electron chi connectivity index (χ1n) is 7.07. The van der Waals surface area contributed by atoms with Crippen LogP contribution in [0.3, 0.4) is 0 Å². The Hall–Kier alpha value is -1.42. The molecule has 0 spiro atoms. The molecule has 0 aliphatic heterocycles. The second-order valence-electron chi connectivity index (χ2n) is 5.44. The minimum Gasteiger partial charge on any atom is -0.356 e. The van der Waals surface area contributed by atoms with Crippen molar-refractivity contribution in [2.24, 2.45) is 11.8 Å². The van der Waals surface area contributed by atoms with Gasteiger partial charge in [-0.15, -0.1) is 0 Å². The van der Waals surface area contributed by atoms with Crippen molar-refractivity contribution in [2.45, 2.75) is 31.5 Å². The highest BCUT2D eigenvalue weighted by molar-refractivity contribution is 7.91. The average Bonchev–Trinajstić information content (AvgIpc) is 2.47. The molecule has 0 aliphatic carbocycles. The third-order valence-corrected chi connectivity index (χ3v) is 5.69. The molecule has 0 fully saturated rings. The molecule has 0 aromatic heterocycles. The number of ether oxygens (including phenoxy) is 2. The van der Waals surface area contributed by atoms with Crippen molar-refractivity contribution in [3.05, 3.63) is 29.8 Å². The molecule has 0 radical (unpaired) electrons. The van der Waals surface area contributed by atoms with Crippen LogP contribution in [-0.4, -0.2) is 34.7 Å². The molecular weight excluding hydrogens is 302 g/mol. The lowest BCUT2D eigenvalue weighted by molar-refractivity contribution is -0.145. The first kappa shape index (κ1) is 18.6. The number of nitrogens with zero attached hydrogens (tertiary/aromatic N) is 1. The number of nitriles is 1. The molecule has 0 amide bonds. The van der Waals surface area contributed by atoms with Gasteiger partial charge in [0.2, 0.25) is 0 Å². The lowest BCUT2D eigenvalue weighted by Gasteiger charge is -2.28. The standard InChI is InChI=1S/C16H23NO4S/c1-12-5-7-14(8-6-12)22(18,19)11-13(2)15(9-10-17)16(20-3)21-4/h5-8,13,15-16H,9,11H2,1-4H3. The minimum atomic E-state index is -3.41. The highest BCUT2D eigenvalue weighted by Gasteiger charge is 2.30. The highest BCUT2D eigenvalue weighted by Crippen LogP contribution is 2.26. The van der Waals surface area contributed by atoms with Gasteiger partial charge in [-0.1, -0.05) is 24.6 Å². The monoisotopic (exact) mass is 325 g/mol. The van der Waals surface area contributed by atoms with E-state index in [0.29, 0.717) is 4.90 Å². The predicted octanol–water partition coefficient (Wildman–Crippen LogP) is 2.55. The molecule has 0 N–H and O–H groups in total. The normalized spacial score (nSPS) is 14.5. The first-order chi connectivity index (χ1) is 10.4. The molecule has 2 atom stereocenters. The second-order valence-corrected chi connectivity index (χ2v) is 7.47. The molecule has 0 bridgehead atoms. The van der Waals surface area contributed by atoms with Crippen LogP contribution in [0.4, 0.5) is 0 Å². The van der Waals surface area contributed by atoms with Crippen LogP contribution in [0.5, 0.6) is 0 Å².